The van der Waals surface area contributed by atoms with Crippen LogP contribution in [-0.2, 0) is 9.84 Å². The van der Waals surface area contributed by atoms with E-state index in [1.165, 1.54) is 6.26 Å². The molecule has 0 saturated carbocycles. The van der Waals surface area contributed by atoms with Crippen molar-refractivity contribution in [1.29, 1.82) is 0 Å². The number of aliphatic hydroxyl groups is 1. The summed E-state index contributed by atoms with van der Waals surface area (Å²) in [5, 5.41) is 10.2. The zero-order valence-corrected chi connectivity index (χ0v) is 13.3. The van der Waals surface area contributed by atoms with Gasteiger partial charge in [0.05, 0.1) is 11.9 Å². The molecule has 1 aliphatic rings. The summed E-state index contributed by atoms with van der Waals surface area (Å²) in [6, 6.07) is 9.68. The second-order valence-corrected chi connectivity index (χ2v) is 7.96. The van der Waals surface area contributed by atoms with Gasteiger partial charge < -0.3 is 5.11 Å². The van der Waals surface area contributed by atoms with Crippen LogP contribution >= 0.6 is 0 Å². The Kier molecular flexibility index (Phi) is 5.75. The lowest BCUT2D eigenvalue weighted by molar-refractivity contribution is 0.0746. The van der Waals surface area contributed by atoms with E-state index in [0.717, 1.165) is 31.7 Å². The number of nitrogens with zero attached hydrogens (tertiary/aromatic N) is 2. The third kappa shape index (κ3) is 5.74. The van der Waals surface area contributed by atoms with E-state index in [2.05, 4.69) is 9.80 Å². The van der Waals surface area contributed by atoms with Crippen LogP contribution in [0.15, 0.2) is 30.3 Å². The molecule has 0 aliphatic carbocycles. The Morgan fingerprint density at radius 1 is 1.10 bits per heavy atom. The molecule has 1 heterocycles. The van der Waals surface area contributed by atoms with Gasteiger partial charge in [0.15, 0.2) is 0 Å². The number of hydrogen-bond acceptors (Lipinski definition) is 5. The molecule has 1 fully saturated rings. The number of hydrogen-bond donors (Lipinski definition) is 1. The highest BCUT2D eigenvalue weighted by molar-refractivity contribution is 7.90. The Labute approximate surface area is 127 Å². The standard InChI is InChI=1S/C15H24N2O3S/c1-21(19,20)12-11-16-7-9-17(10-8-16)13-15(18)14-5-3-2-4-6-14/h2-6,15,18H,7-13H2,1H3/t15-/m0/s1. The number of rotatable bonds is 6. The molecule has 1 aromatic carbocycles. The minimum atomic E-state index is -2.89. The summed E-state index contributed by atoms with van der Waals surface area (Å²) in [6.07, 6.45) is 0.813. The van der Waals surface area contributed by atoms with Crippen LogP contribution in [0, 0.1) is 0 Å². The molecular formula is C15H24N2O3S. The second-order valence-electron chi connectivity index (χ2n) is 5.70. The molecule has 1 saturated heterocycles. The molecule has 0 aromatic heterocycles. The summed E-state index contributed by atoms with van der Waals surface area (Å²) in [7, 11) is -2.89. The summed E-state index contributed by atoms with van der Waals surface area (Å²) in [6.45, 7) is 4.69. The normalized spacial score (nSPS) is 19.5. The fourth-order valence-corrected chi connectivity index (χ4v) is 3.11. The van der Waals surface area contributed by atoms with E-state index in [9.17, 15) is 13.5 Å². The van der Waals surface area contributed by atoms with E-state index in [0.29, 0.717) is 13.1 Å². The topological polar surface area (TPSA) is 60.9 Å². The average Bonchev–Trinajstić information content (AvgIpc) is 2.46. The fourth-order valence-electron chi connectivity index (χ4n) is 2.52. The monoisotopic (exact) mass is 312 g/mol. The van der Waals surface area contributed by atoms with Gasteiger partial charge in [-0.2, -0.15) is 0 Å². The van der Waals surface area contributed by atoms with Gasteiger partial charge in [-0.15, -0.1) is 0 Å². The van der Waals surface area contributed by atoms with E-state index in [4.69, 9.17) is 0 Å². The Morgan fingerprint density at radius 3 is 2.24 bits per heavy atom. The first kappa shape index (κ1) is 16.4. The first-order valence-electron chi connectivity index (χ1n) is 7.29. The van der Waals surface area contributed by atoms with Gasteiger partial charge in [0.25, 0.3) is 0 Å². The average molecular weight is 312 g/mol. The van der Waals surface area contributed by atoms with Crippen LogP contribution in [0.3, 0.4) is 0 Å². The number of benzene rings is 1. The first-order chi connectivity index (χ1) is 9.94. The maximum atomic E-state index is 11.2. The van der Waals surface area contributed by atoms with Gasteiger partial charge in [0, 0.05) is 45.5 Å². The predicted octanol–water partition coefficient (Wildman–Crippen LogP) is 0.382. The maximum Gasteiger partial charge on any atom is 0.148 e. The quantitative estimate of drug-likeness (QED) is 0.823. The molecule has 21 heavy (non-hydrogen) atoms. The lowest BCUT2D eigenvalue weighted by atomic mass is 10.1. The summed E-state index contributed by atoms with van der Waals surface area (Å²) < 4.78 is 22.3. The largest absolute Gasteiger partial charge is 0.387 e. The molecule has 6 heteroatoms. The summed E-state index contributed by atoms with van der Waals surface area (Å²) in [4.78, 5) is 4.40. The van der Waals surface area contributed by atoms with E-state index >= 15 is 0 Å². The van der Waals surface area contributed by atoms with Crippen LogP contribution in [0.25, 0.3) is 0 Å². The zero-order valence-electron chi connectivity index (χ0n) is 12.5. The molecule has 5 nitrogen and oxygen atoms in total. The molecule has 0 unspecified atom stereocenters. The molecule has 1 N–H and O–H groups in total. The molecule has 2 rings (SSSR count). The van der Waals surface area contributed by atoms with Gasteiger partial charge in [-0.1, -0.05) is 30.3 Å². The predicted molar refractivity (Wildman–Crippen MR) is 84.0 cm³/mol. The first-order valence-corrected chi connectivity index (χ1v) is 9.35. The van der Waals surface area contributed by atoms with Crippen molar-refractivity contribution in [3.8, 4) is 0 Å². The number of sulfone groups is 1. The Balaban J connectivity index is 1.74. The molecule has 118 valence electrons. The van der Waals surface area contributed by atoms with Crippen LogP contribution in [0.1, 0.15) is 11.7 Å². The van der Waals surface area contributed by atoms with Gasteiger partial charge in [-0.05, 0) is 5.56 Å². The second kappa shape index (κ2) is 7.35. The van der Waals surface area contributed by atoms with Crippen molar-refractivity contribution < 1.29 is 13.5 Å². The summed E-state index contributed by atoms with van der Waals surface area (Å²) in [5.41, 5.74) is 0.942. The Bertz CT molecular complexity index is 525. The Morgan fingerprint density at radius 2 is 1.67 bits per heavy atom. The van der Waals surface area contributed by atoms with Gasteiger partial charge in [0.1, 0.15) is 9.84 Å². The van der Waals surface area contributed by atoms with Crippen LogP contribution in [0.2, 0.25) is 0 Å². The lowest BCUT2D eigenvalue weighted by Crippen LogP contribution is -2.48. The summed E-state index contributed by atoms with van der Waals surface area (Å²) in [5.74, 6) is 0.222. The molecule has 0 amide bonds. The van der Waals surface area contributed by atoms with Crippen LogP contribution in [0.4, 0.5) is 0 Å². The SMILES string of the molecule is CS(=O)(=O)CCN1CCN(C[C@H](O)c2ccccc2)CC1. The zero-order chi connectivity index (χ0) is 15.3. The van der Waals surface area contributed by atoms with Crippen LogP contribution in [0.5, 0.6) is 0 Å². The van der Waals surface area contributed by atoms with Crippen molar-refractivity contribution in [2.45, 2.75) is 6.10 Å². The van der Waals surface area contributed by atoms with E-state index < -0.39 is 15.9 Å². The van der Waals surface area contributed by atoms with Crippen molar-refractivity contribution in [1.82, 2.24) is 9.80 Å². The Hall–Kier alpha value is -0.950. The molecule has 1 atom stereocenters. The van der Waals surface area contributed by atoms with Crippen molar-refractivity contribution >= 4 is 9.84 Å². The molecule has 1 aromatic rings. The molecule has 0 spiro atoms. The van der Waals surface area contributed by atoms with E-state index in [1.807, 2.05) is 30.3 Å². The van der Waals surface area contributed by atoms with Crippen molar-refractivity contribution in [3.63, 3.8) is 0 Å². The van der Waals surface area contributed by atoms with Gasteiger partial charge >= 0.3 is 0 Å². The maximum absolute atomic E-state index is 11.2. The highest BCUT2D eigenvalue weighted by Crippen LogP contribution is 2.14. The number of β-amino-alcohol motifs (C(OH)–C–C–N with tert-alkyl or cyclic N) is 1. The molecule has 0 bridgehead atoms. The highest BCUT2D eigenvalue weighted by atomic mass is 32.2. The number of aliphatic hydroxyl groups excluding tert-OH is 1. The number of piperazine rings is 1. The van der Waals surface area contributed by atoms with Crippen molar-refractivity contribution in [2.75, 3.05) is 51.3 Å². The third-order valence-electron chi connectivity index (χ3n) is 3.86. The van der Waals surface area contributed by atoms with Crippen LogP contribution in [-0.4, -0.2) is 74.6 Å². The smallest absolute Gasteiger partial charge is 0.148 e. The van der Waals surface area contributed by atoms with Crippen LogP contribution < -0.4 is 0 Å². The molecular weight excluding hydrogens is 288 g/mol. The third-order valence-corrected chi connectivity index (χ3v) is 4.78. The minimum absolute atomic E-state index is 0.222. The van der Waals surface area contributed by atoms with Gasteiger partial charge in [0.2, 0.25) is 0 Å². The van der Waals surface area contributed by atoms with Crippen molar-refractivity contribution in [2.24, 2.45) is 0 Å². The van der Waals surface area contributed by atoms with Gasteiger partial charge in [-0.3, -0.25) is 9.80 Å². The highest BCUT2D eigenvalue weighted by Gasteiger charge is 2.20. The lowest BCUT2D eigenvalue weighted by Gasteiger charge is -2.35. The van der Waals surface area contributed by atoms with E-state index in [-0.39, 0.29) is 5.75 Å². The van der Waals surface area contributed by atoms with Crippen molar-refractivity contribution in [3.05, 3.63) is 35.9 Å². The fraction of sp³-hybridized carbons (Fsp3) is 0.600. The minimum Gasteiger partial charge on any atom is -0.387 e. The molecule has 1 aliphatic heterocycles. The summed E-state index contributed by atoms with van der Waals surface area (Å²) >= 11 is 0. The van der Waals surface area contributed by atoms with Gasteiger partial charge in [-0.25, -0.2) is 8.42 Å². The molecule has 0 radical (unpaired) electrons. The van der Waals surface area contributed by atoms with E-state index in [1.54, 1.807) is 0 Å².